The number of carbonyl (C=O) groups excluding carboxylic acids is 1. The molecular weight excluding hydrogens is 346 g/mol. The molecule has 0 aliphatic carbocycles. The van der Waals surface area contributed by atoms with Crippen LogP contribution in [0.2, 0.25) is 0 Å². The van der Waals surface area contributed by atoms with Gasteiger partial charge in [-0.1, -0.05) is 0 Å². The number of nitrogens with zero attached hydrogens (tertiary/aromatic N) is 2. The molecule has 27 heavy (non-hydrogen) atoms. The Hall–Kier alpha value is -3.22. The van der Waals surface area contributed by atoms with Gasteiger partial charge >= 0.3 is 0 Å². The van der Waals surface area contributed by atoms with Crippen LogP contribution in [0, 0.1) is 13.8 Å². The van der Waals surface area contributed by atoms with Crippen LogP contribution in [0.1, 0.15) is 23.2 Å². The number of aromatic nitrogens is 2. The van der Waals surface area contributed by atoms with Crippen molar-refractivity contribution in [3.8, 4) is 11.5 Å². The minimum absolute atomic E-state index is 0.0751. The van der Waals surface area contributed by atoms with Crippen LogP contribution in [-0.2, 0) is 4.79 Å². The Morgan fingerprint density at radius 1 is 1.22 bits per heavy atom. The van der Waals surface area contributed by atoms with Gasteiger partial charge in [-0.2, -0.15) is 5.10 Å². The number of hydrogen-bond donors (Lipinski definition) is 1. The average molecular weight is 369 g/mol. The van der Waals surface area contributed by atoms with Gasteiger partial charge in [-0.05, 0) is 56.3 Å². The molecule has 1 unspecified atom stereocenters. The number of ether oxygens (including phenoxy) is 2. The summed E-state index contributed by atoms with van der Waals surface area (Å²) in [7, 11) is 1.60. The standard InChI is InChI=1S/C20H23N3O4/c1-14-11-15(2)23(22-14)18(19-5-4-10-26-19)12-21-20(24)13-27-17-8-6-16(25-3)7-9-17/h4-11,18H,12-13H2,1-3H3,(H,21,24). The molecule has 2 aromatic heterocycles. The van der Waals surface area contributed by atoms with Crippen molar-refractivity contribution in [1.29, 1.82) is 0 Å². The number of carbonyl (C=O) groups is 1. The van der Waals surface area contributed by atoms with Crippen LogP contribution in [0.3, 0.4) is 0 Å². The minimum Gasteiger partial charge on any atom is -0.497 e. The summed E-state index contributed by atoms with van der Waals surface area (Å²) in [5, 5.41) is 7.41. The summed E-state index contributed by atoms with van der Waals surface area (Å²) in [4.78, 5) is 12.2. The van der Waals surface area contributed by atoms with Crippen molar-refractivity contribution >= 4 is 5.91 Å². The fourth-order valence-corrected chi connectivity index (χ4v) is 2.83. The molecule has 0 fully saturated rings. The van der Waals surface area contributed by atoms with Gasteiger partial charge < -0.3 is 19.2 Å². The van der Waals surface area contributed by atoms with Gasteiger partial charge in [0.15, 0.2) is 6.61 Å². The van der Waals surface area contributed by atoms with Crippen LogP contribution in [0.15, 0.2) is 53.1 Å². The number of rotatable bonds is 8. The molecule has 0 aliphatic rings. The summed E-state index contributed by atoms with van der Waals surface area (Å²) in [5.41, 5.74) is 1.91. The molecule has 1 aromatic carbocycles. The number of amides is 1. The summed E-state index contributed by atoms with van der Waals surface area (Å²) in [6, 6.07) is 12.5. The van der Waals surface area contributed by atoms with Crippen molar-refractivity contribution in [2.24, 2.45) is 0 Å². The molecule has 0 aliphatic heterocycles. The SMILES string of the molecule is COc1ccc(OCC(=O)NCC(c2ccco2)n2nc(C)cc2C)cc1. The molecule has 3 rings (SSSR count). The van der Waals surface area contributed by atoms with Gasteiger partial charge in [-0.15, -0.1) is 0 Å². The van der Waals surface area contributed by atoms with Gasteiger partial charge in [0, 0.05) is 12.2 Å². The summed E-state index contributed by atoms with van der Waals surface area (Å²) in [5.74, 6) is 1.85. The Kier molecular flexibility index (Phi) is 5.80. The van der Waals surface area contributed by atoms with Gasteiger partial charge in [0.1, 0.15) is 23.3 Å². The number of hydrogen-bond acceptors (Lipinski definition) is 5. The second-order valence-corrected chi connectivity index (χ2v) is 6.17. The number of aryl methyl sites for hydroxylation is 2. The van der Waals surface area contributed by atoms with Crippen LogP contribution in [0.5, 0.6) is 11.5 Å². The Morgan fingerprint density at radius 3 is 2.56 bits per heavy atom. The maximum Gasteiger partial charge on any atom is 0.258 e. The average Bonchev–Trinajstić information content (AvgIpc) is 3.31. The molecule has 1 amide bonds. The van der Waals surface area contributed by atoms with E-state index in [1.807, 2.05) is 36.7 Å². The molecule has 0 saturated carbocycles. The Bertz CT molecular complexity index is 869. The van der Waals surface area contributed by atoms with Crippen molar-refractivity contribution in [2.75, 3.05) is 20.3 Å². The van der Waals surface area contributed by atoms with E-state index in [-0.39, 0.29) is 18.6 Å². The van der Waals surface area contributed by atoms with Gasteiger partial charge in [0.05, 0.1) is 19.1 Å². The quantitative estimate of drug-likeness (QED) is 0.661. The van der Waals surface area contributed by atoms with E-state index in [1.54, 1.807) is 37.6 Å². The van der Waals surface area contributed by atoms with Crippen LogP contribution in [0.4, 0.5) is 0 Å². The minimum atomic E-state index is -0.223. The molecule has 142 valence electrons. The lowest BCUT2D eigenvalue weighted by Crippen LogP contribution is -2.35. The zero-order chi connectivity index (χ0) is 19.2. The lowest BCUT2D eigenvalue weighted by atomic mass is 10.2. The number of benzene rings is 1. The lowest BCUT2D eigenvalue weighted by Gasteiger charge is -2.18. The molecule has 7 heteroatoms. The maximum absolute atomic E-state index is 12.2. The van der Waals surface area contributed by atoms with Crippen molar-refractivity contribution in [3.05, 3.63) is 65.9 Å². The fraction of sp³-hybridized carbons (Fsp3) is 0.300. The van der Waals surface area contributed by atoms with E-state index in [4.69, 9.17) is 13.9 Å². The van der Waals surface area contributed by atoms with E-state index in [0.717, 1.165) is 22.9 Å². The van der Waals surface area contributed by atoms with Crippen molar-refractivity contribution < 1.29 is 18.7 Å². The van der Waals surface area contributed by atoms with E-state index in [2.05, 4.69) is 10.4 Å². The Balaban J connectivity index is 1.59. The second kappa shape index (κ2) is 8.44. The van der Waals surface area contributed by atoms with Gasteiger partial charge in [-0.25, -0.2) is 0 Å². The molecule has 3 aromatic rings. The highest BCUT2D eigenvalue weighted by molar-refractivity contribution is 5.77. The zero-order valence-corrected chi connectivity index (χ0v) is 15.6. The Morgan fingerprint density at radius 2 is 1.96 bits per heavy atom. The highest BCUT2D eigenvalue weighted by atomic mass is 16.5. The third-order valence-corrected chi connectivity index (χ3v) is 4.13. The van der Waals surface area contributed by atoms with Gasteiger partial charge in [0.25, 0.3) is 5.91 Å². The third kappa shape index (κ3) is 4.69. The van der Waals surface area contributed by atoms with Crippen molar-refractivity contribution in [3.63, 3.8) is 0 Å². The Labute approximate surface area is 157 Å². The van der Waals surface area contributed by atoms with Gasteiger partial charge in [-0.3, -0.25) is 9.48 Å². The number of furan rings is 1. The third-order valence-electron chi connectivity index (χ3n) is 4.13. The molecule has 1 atom stereocenters. The van der Waals surface area contributed by atoms with E-state index >= 15 is 0 Å². The van der Waals surface area contributed by atoms with Crippen LogP contribution >= 0.6 is 0 Å². The van der Waals surface area contributed by atoms with Crippen LogP contribution < -0.4 is 14.8 Å². The monoisotopic (exact) mass is 369 g/mol. The smallest absolute Gasteiger partial charge is 0.258 e. The van der Waals surface area contributed by atoms with Crippen LogP contribution in [-0.4, -0.2) is 35.9 Å². The predicted octanol–water partition coefficient (Wildman–Crippen LogP) is 2.89. The molecular formula is C20H23N3O4. The van der Waals surface area contributed by atoms with E-state index in [9.17, 15) is 4.79 Å². The van der Waals surface area contributed by atoms with Gasteiger partial charge in [0.2, 0.25) is 0 Å². The first kappa shape index (κ1) is 18.6. The molecule has 7 nitrogen and oxygen atoms in total. The molecule has 0 saturated heterocycles. The van der Waals surface area contributed by atoms with Crippen molar-refractivity contribution in [1.82, 2.24) is 15.1 Å². The second-order valence-electron chi connectivity index (χ2n) is 6.17. The first-order chi connectivity index (χ1) is 13.1. The largest absolute Gasteiger partial charge is 0.497 e. The molecule has 0 spiro atoms. The van der Waals surface area contributed by atoms with Crippen molar-refractivity contribution in [2.45, 2.75) is 19.9 Å². The topological polar surface area (TPSA) is 78.5 Å². The zero-order valence-electron chi connectivity index (χ0n) is 15.6. The first-order valence-corrected chi connectivity index (χ1v) is 8.66. The summed E-state index contributed by atoms with van der Waals surface area (Å²) < 4.78 is 18.0. The maximum atomic E-state index is 12.2. The van der Waals surface area contributed by atoms with Crippen LogP contribution in [0.25, 0.3) is 0 Å². The lowest BCUT2D eigenvalue weighted by molar-refractivity contribution is -0.123. The molecule has 2 heterocycles. The first-order valence-electron chi connectivity index (χ1n) is 8.66. The normalized spacial score (nSPS) is 11.8. The molecule has 0 radical (unpaired) electrons. The van der Waals surface area contributed by atoms with E-state index in [1.165, 1.54) is 0 Å². The highest BCUT2D eigenvalue weighted by Gasteiger charge is 2.20. The fourth-order valence-electron chi connectivity index (χ4n) is 2.83. The summed E-state index contributed by atoms with van der Waals surface area (Å²) in [6.07, 6.45) is 1.61. The highest BCUT2D eigenvalue weighted by Crippen LogP contribution is 2.20. The summed E-state index contributed by atoms with van der Waals surface area (Å²) >= 11 is 0. The summed E-state index contributed by atoms with van der Waals surface area (Å²) in [6.45, 7) is 4.18. The number of methoxy groups -OCH3 is 1. The van der Waals surface area contributed by atoms with E-state index < -0.39 is 0 Å². The molecule has 0 bridgehead atoms. The number of nitrogens with one attached hydrogen (secondary N) is 1. The van der Waals surface area contributed by atoms with E-state index in [0.29, 0.717) is 12.3 Å². The predicted molar refractivity (Wildman–Crippen MR) is 100 cm³/mol. The molecule has 1 N–H and O–H groups in total.